The minimum Gasteiger partial charge on any atom is -0.315 e. The molecule has 1 aromatic rings. The Morgan fingerprint density at radius 1 is 1.18 bits per heavy atom. The molecule has 2 heteroatoms. The van der Waals surface area contributed by atoms with Gasteiger partial charge in [0.05, 0.1) is 0 Å². The number of nitrogens with one attached hydrogen (secondary N) is 1. The van der Waals surface area contributed by atoms with Crippen LogP contribution in [0.4, 0.5) is 0 Å². The van der Waals surface area contributed by atoms with Gasteiger partial charge in [-0.15, -0.1) is 0 Å². The number of hydrogen-bond donors (Lipinski definition) is 1. The number of rotatable bonds is 1. The molecule has 0 spiro atoms. The van der Waals surface area contributed by atoms with E-state index in [0.717, 1.165) is 23.5 Å². The third kappa shape index (κ3) is 1.47. The van der Waals surface area contributed by atoms with Crippen molar-refractivity contribution in [3.8, 4) is 0 Å². The molecule has 58 valence electrons. The zero-order valence-corrected chi connectivity index (χ0v) is 7.76. The highest BCUT2D eigenvalue weighted by molar-refractivity contribution is 9.10. The van der Waals surface area contributed by atoms with Crippen LogP contribution in [-0.2, 0) is 0 Å². The SMILES string of the molecule is Brc1ccc(C2CNC2)cc1. The van der Waals surface area contributed by atoms with E-state index in [0.29, 0.717) is 0 Å². The Balaban J connectivity index is 2.18. The molecule has 1 fully saturated rings. The largest absolute Gasteiger partial charge is 0.315 e. The van der Waals surface area contributed by atoms with E-state index in [1.807, 2.05) is 0 Å². The summed E-state index contributed by atoms with van der Waals surface area (Å²) in [6.45, 7) is 2.28. The van der Waals surface area contributed by atoms with Crippen molar-refractivity contribution in [2.75, 3.05) is 13.1 Å². The fraction of sp³-hybridized carbons (Fsp3) is 0.333. The van der Waals surface area contributed by atoms with Crippen molar-refractivity contribution in [1.82, 2.24) is 5.32 Å². The molecule has 1 saturated heterocycles. The van der Waals surface area contributed by atoms with E-state index in [1.54, 1.807) is 0 Å². The number of hydrogen-bond acceptors (Lipinski definition) is 1. The van der Waals surface area contributed by atoms with Gasteiger partial charge < -0.3 is 5.32 Å². The Bertz CT molecular complexity index is 238. The van der Waals surface area contributed by atoms with E-state index in [2.05, 4.69) is 45.5 Å². The lowest BCUT2D eigenvalue weighted by molar-refractivity contribution is 0.448. The van der Waals surface area contributed by atoms with E-state index < -0.39 is 0 Å². The molecule has 1 aliphatic rings. The second kappa shape index (κ2) is 2.95. The van der Waals surface area contributed by atoms with Crippen LogP contribution in [-0.4, -0.2) is 13.1 Å². The Labute approximate surface area is 74.9 Å². The van der Waals surface area contributed by atoms with E-state index in [9.17, 15) is 0 Å². The molecule has 0 aromatic heterocycles. The van der Waals surface area contributed by atoms with Gasteiger partial charge >= 0.3 is 0 Å². The van der Waals surface area contributed by atoms with Crippen molar-refractivity contribution in [3.05, 3.63) is 34.3 Å². The summed E-state index contributed by atoms with van der Waals surface area (Å²) in [7, 11) is 0. The predicted molar refractivity (Wildman–Crippen MR) is 49.8 cm³/mol. The average Bonchev–Trinajstić information content (AvgIpc) is 1.90. The summed E-state index contributed by atoms with van der Waals surface area (Å²) >= 11 is 3.42. The smallest absolute Gasteiger partial charge is 0.0175 e. The molecule has 0 bridgehead atoms. The van der Waals surface area contributed by atoms with Gasteiger partial charge in [0.25, 0.3) is 0 Å². The summed E-state index contributed by atoms with van der Waals surface area (Å²) in [6, 6.07) is 8.59. The van der Waals surface area contributed by atoms with Gasteiger partial charge in [0.15, 0.2) is 0 Å². The lowest BCUT2D eigenvalue weighted by Gasteiger charge is -2.27. The molecule has 0 saturated carbocycles. The lowest BCUT2D eigenvalue weighted by Crippen LogP contribution is -2.39. The quantitative estimate of drug-likeness (QED) is 0.751. The van der Waals surface area contributed by atoms with E-state index in [4.69, 9.17) is 0 Å². The molecule has 0 amide bonds. The summed E-state index contributed by atoms with van der Waals surface area (Å²) in [5, 5.41) is 3.26. The Morgan fingerprint density at radius 2 is 1.82 bits per heavy atom. The monoisotopic (exact) mass is 211 g/mol. The summed E-state index contributed by atoms with van der Waals surface area (Å²) in [5.41, 5.74) is 1.45. The Morgan fingerprint density at radius 3 is 2.27 bits per heavy atom. The van der Waals surface area contributed by atoms with Crippen LogP contribution < -0.4 is 5.32 Å². The fourth-order valence-electron chi connectivity index (χ4n) is 1.26. The van der Waals surface area contributed by atoms with Crippen LogP contribution in [0.2, 0.25) is 0 Å². The van der Waals surface area contributed by atoms with Crippen LogP contribution in [0.15, 0.2) is 28.7 Å². The van der Waals surface area contributed by atoms with Gasteiger partial charge in [0, 0.05) is 23.5 Å². The maximum absolute atomic E-state index is 3.42. The Hall–Kier alpha value is -0.340. The molecular weight excluding hydrogens is 202 g/mol. The maximum Gasteiger partial charge on any atom is 0.0175 e. The zero-order valence-electron chi connectivity index (χ0n) is 6.18. The van der Waals surface area contributed by atoms with Crippen LogP contribution in [0.3, 0.4) is 0 Å². The standard InChI is InChI=1S/C9H10BrN/c10-9-3-1-7(2-4-9)8-5-11-6-8/h1-4,8,11H,5-6H2. The van der Waals surface area contributed by atoms with Crippen LogP contribution in [0, 0.1) is 0 Å². The van der Waals surface area contributed by atoms with E-state index in [-0.39, 0.29) is 0 Å². The second-order valence-corrected chi connectivity index (χ2v) is 3.82. The maximum atomic E-state index is 3.42. The van der Waals surface area contributed by atoms with Gasteiger partial charge in [-0.3, -0.25) is 0 Å². The van der Waals surface area contributed by atoms with Crippen LogP contribution in [0.5, 0.6) is 0 Å². The highest BCUT2D eigenvalue weighted by atomic mass is 79.9. The summed E-state index contributed by atoms with van der Waals surface area (Å²) in [6.07, 6.45) is 0. The molecule has 1 aromatic carbocycles. The van der Waals surface area contributed by atoms with Crippen molar-refractivity contribution < 1.29 is 0 Å². The summed E-state index contributed by atoms with van der Waals surface area (Å²) < 4.78 is 1.16. The summed E-state index contributed by atoms with van der Waals surface area (Å²) in [4.78, 5) is 0. The first kappa shape index (κ1) is 7.32. The van der Waals surface area contributed by atoms with Crippen molar-refractivity contribution in [2.45, 2.75) is 5.92 Å². The highest BCUT2D eigenvalue weighted by Crippen LogP contribution is 2.21. The molecule has 0 radical (unpaired) electrons. The van der Waals surface area contributed by atoms with Gasteiger partial charge in [-0.25, -0.2) is 0 Å². The minimum absolute atomic E-state index is 0.753. The van der Waals surface area contributed by atoms with Gasteiger partial charge in [-0.1, -0.05) is 28.1 Å². The molecule has 0 aliphatic carbocycles. The number of halogens is 1. The Kier molecular flexibility index (Phi) is 1.96. The third-order valence-corrected chi connectivity index (χ3v) is 2.65. The van der Waals surface area contributed by atoms with Gasteiger partial charge in [-0.05, 0) is 17.7 Å². The molecular formula is C9H10BrN. The molecule has 2 rings (SSSR count). The number of benzene rings is 1. The minimum atomic E-state index is 0.753. The molecule has 0 unspecified atom stereocenters. The van der Waals surface area contributed by atoms with Crippen molar-refractivity contribution in [1.29, 1.82) is 0 Å². The van der Waals surface area contributed by atoms with Crippen molar-refractivity contribution >= 4 is 15.9 Å². The third-order valence-electron chi connectivity index (χ3n) is 2.12. The second-order valence-electron chi connectivity index (χ2n) is 2.91. The first-order valence-corrected chi connectivity index (χ1v) is 4.62. The van der Waals surface area contributed by atoms with E-state index in [1.165, 1.54) is 5.56 Å². The molecule has 1 heterocycles. The zero-order chi connectivity index (χ0) is 7.68. The normalized spacial score (nSPS) is 17.9. The van der Waals surface area contributed by atoms with Crippen molar-refractivity contribution in [2.24, 2.45) is 0 Å². The topological polar surface area (TPSA) is 12.0 Å². The fourth-order valence-corrected chi connectivity index (χ4v) is 1.52. The molecule has 1 aliphatic heterocycles. The van der Waals surface area contributed by atoms with Gasteiger partial charge in [0.2, 0.25) is 0 Å². The van der Waals surface area contributed by atoms with E-state index >= 15 is 0 Å². The van der Waals surface area contributed by atoms with Crippen LogP contribution in [0.1, 0.15) is 11.5 Å². The van der Waals surface area contributed by atoms with Gasteiger partial charge in [0.1, 0.15) is 0 Å². The average molecular weight is 212 g/mol. The first-order chi connectivity index (χ1) is 5.36. The summed E-state index contributed by atoms with van der Waals surface area (Å²) in [5.74, 6) is 0.753. The van der Waals surface area contributed by atoms with Crippen LogP contribution in [0.25, 0.3) is 0 Å². The predicted octanol–water partition coefficient (Wildman–Crippen LogP) is 2.14. The molecule has 1 nitrogen and oxygen atoms in total. The molecule has 11 heavy (non-hydrogen) atoms. The molecule has 0 atom stereocenters. The van der Waals surface area contributed by atoms with Crippen LogP contribution >= 0.6 is 15.9 Å². The lowest BCUT2D eigenvalue weighted by atomic mass is 9.94. The first-order valence-electron chi connectivity index (χ1n) is 3.82. The molecule has 1 N–H and O–H groups in total. The van der Waals surface area contributed by atoms with Crippen molar-refractivity contribution in [3.63, 3.8) is 0 Å². The van der Waals surface area contributed by atoms with Gasteiger partial charge in [-0.2, -0.15) is 0 Å². The highest BCUT2D eigenvalue weighted by Gasteiger charge is 2.17.